The van der Waals surface area contributed by atoms with Gasteiger partial charge in [-0.3, -0.25) is 19.0 Å². The van der Waals surface area contributed by atoms with E-state index in [-0.39, 0.29) is 17.9 Å². The third-order valence-electron chi connectivity index (χ3n) is 5.87. The summed E-state index contributed by atoms with van der Waals surface area (Å²) in [5, 5.41) is 12.4. The lowest BCUT2D eigenvalue weighted by molar-refractivity contribution is 0.0299. The summed E-state index contributed by atoms with van der Waals surface area (Å²) in [4.78, 5) is 29.4. The minimum absolute atomic E-state index is 0.0424. The van der Waals surface area contributed by atoms with E-state index in [2.05, 4.69) is 15.4 Å². The zero-order chi connectivity index (χ0) is 20.9. The van der Waals surface area contributed by atoms with Crippen LogP contribution in [0.15, 0.2) is 18.5 Å². The number of likely N-dealkylation sites (tertiary alicyclic amines) is 1. The number of hydrogen-bond acceptors (Lipinski definition) is 6. The number of aromatic nitrogens is 5. The molecule has 1 atom stereocenters. The van der Waals surface area contributed by atoms with Crippen molar-refractivity contribution in [2.45, 2.75) is 51.7 Å². The summed E-state index contributed by atoms with van der Waals surface area (Å²) < 4.78 is 8.75. The highest BCUT2D eigenvalue weighted by Gasteiger charge is 2.29. The van der Waals surface area contributed by atoms with E-state index in [0.717, 1.165) is 32.2 Å². The molecular weight excluding hydrogens is 386 g/mol. The van der Waals surface area contributed by atoms with Crippen molar-refractivity contribution >= 4 is 11.8 Å². The van der Waals surface area contributed by atoms with Gasteiger partial charge in [0.2, 0.25) is 0 Å². The highest BCUT2D eigenvalue weighted by atomic mass is 16.5. The number of rotatable bonds is 6. The maximum absolute atomic E-state index is 13.1. The van der Waals surface area contributed by atoms with E-state index in [1.807, 2.05) is 11.8 Å². The van der Waals surface area contributed by atoms with Crippen LogP contribution in [0, 0.1) is 0 Å². The van der Waals surface area contributed by atoms with E-state index in [0.29, 0.717) is 50.8 Å². The second-order valence-corrected chi connectivity index (χ2v) is 7.74. The van der Waals surface area contributed by atoms with Gasteiger partial charge in [-0.2, -0.15) is 5.10 Å². The highest BCUT2D eigenvalue weighted by Crippen LogP contribution is 2.22. The Bertz CT molecular complexity index is 871. The zero-order valence-electron chi connectivity index (χ0n) is 17.4. The summed E-state index contributed by atoms with van der Waals surface area (Å²) in [7, 11) is 0. The fourth-order valence-electron chi connectivity index (χ4n) is 4.20. The van der Waals surface area contributed by atoms with Crippen LogP contribution in [0.3, 0.4) is 0 Å². The largest absolute Gasteiger partial charge is 0.378 e. The summed E-state index contributed by atoms with van der Waals surface area (Å²) >= 11 is 0. The summed E-state index contributed by atoms with van der Waals surface area (Å²) in [6.45, 7) is 6.31. The van der Waals surface area contributed by atoms with Crippen LogP contribution in [0.4, 0.5) is 0 Å². The summed E-state index contributed by atoms with van der Waals surface area (Å²) in [5.41, 5.74) is 1.00. The number of morpholine rings is 1. The van der Waals surface area contributed by atoms with Crippen molar-refractivity contribution < 1.29 is 14.3 Å². The molecule has 2 saturated heterocycles. The summed E-state index contributed by atoms with van der Waals surface area (Å²) in [5.74, 6) is -0.0623. The van der Waals surface area contributed by atoms with Crippen LogP contribution in [0.25, 0.3) is 0 Å². The third-order valence-corrected chi connectivity index (χ3v) is 5.87. The Morgan fingerprint density at radius 3 is 2.80 bits per heavy atom. The van der Waals surface area contributed by atoms with Crippen molar-refractivity contribution in [3.63, 3.8) is 0 Å². The maximum atomic E-state index is 13.1. The van der Waals surface area contributed by atoms with Gasteiger partial charge in [0, 0.05) is 45.0 Å². The number of carbonyl (C=O) groups is 2. The molecule has 0 aliphatic carbocycles. The normalized spacial score (nSPS) is 19.8. The lowest BCUT2D eigenvalue weighted by Crippen LogP contribution is -2.44. The molecule has 0 bridgehead atoms. The van der Waals surface area contributed by atoms with Crippen molar-refractivity contribution in [3.8, 4) is 0 Å². The molecule has 4 rings (SSSR count). The van der Waals surface area contributed by atoms with Crippen LogP contribution in [-0.2, 0) is 17.8 Å². The van der Waals surface area contributed by atoms with Crippen molar-refractivity contribution in [2.75, 3.05) is 32.8 Å². The molecule has 2 fully saturated rings. The molecule has 0 saturated carbocycles. The van der Waals surface area contributed by atoms with Gasteiger partial charge in [0.25, 0.3) is 11.8 Å². The van der Waals surface area contributed by atoms with Gasteiger partial charge in [0.05, 0.1) is 19.4 Å². The number of nitrogens with zero attached hydrogens (tertiary/aromatic N) is 7. The lowest BCUT2D eigenvalue weighted by atomic mass is 9.99. The Morgan fingerprint density at radius 1 is 1.17 bits per heavy atom. The quantitative estimate of drug-likeness (QED) is 0.699. The van der Waals surface area contributed by atoms with E-state index in [1.54, 1.807) is 32.7 Å². The molecule has 0 N–H and O–H groups in total. The van der Waals surface area contributed by atoms with Gasteiger partial charge in [-0.15, -0.1) is 5.10 Å². The van der Waals surface area contributed by atoms with Crippen molar-refractivity contribution in [3.05, 3.63) is 29.8 Å². The molecule has 1 unspecified atom stereocenters. The number of ether oxygens (including phenoxy) is 1. The smallest absolute Gasteiger partial charge is 0.276 e. The predicted octanol–water partition coefficient (Wildman–Crippen LogP) is 1.05. The second kappa shape index (κ2) is 9.38. The second-order valence-electron chi connectivity index (χ2n) is 7.74. The first kappa shape index (κ1) is 20.5. The van der Waals surface area contributed by atoms with Crippen LogP contribution in [0.2, 0.25) is 0 Å². The Hall–Kier alpha value is -2.75. The first-order chi connectivity index (χ1) is 14.7. The standard InChI is InChI=1S/C20H29N7O3/c1-2-27-18(6-8-21-27)20(29)26-9-4-3-5-16(26)7-10-25-15-17(22-23-25)19(28)24-11-13-30-14-12-24/h6,8,15-16H,2-5,7,9-14H2,1H3. The topological polar surface area (TPSA) is 98.4 Å². The van der Waals surface area contributed by atoms with Gasteiger partial charge in [0.15, 0.2) is 5.69 Å². The fourth-order valence-corrected chi connectivity index (χ4v) is 4.20. The van der Waals surface area contributed by atoms with E-state index in [1.165, 1.54) is 0 Å². The van der Waals surface area contributed by atoms with Gasteiger partial charge in [-0.1, -0.05) is 5.21 Å². The molecule has 2 amide bonds. The van der Waals surface area contributed by atoms with Gasteiger partial charge in [-0.05, 0) is 38.7 Å². The van der Waals surface area contributed by atoms with E-state index >= 15 is 0 Å². The van der Waals surface area contributed by atoms with Gasteiger partial charge >= 0.3 is 0 Å². The number of aryl methyl sites for hydroxylation is 2. The Kier molecular flexibility index (Phi) is 6.41. The van der Waals surface area contributed by atoms with Crippen molar-refractivity contribution in [2.24, 2.45) is 0 Å². The first-order valence-corrected chi connectivity index (χ1v) is 10.8. The van der Waals surface area contributed by atoms with Crippen LogP contribution in [0.1, 0.15) is 53.6 Å². The Balaban J connectivity index is 1.38. The average Bonchev–Trinajstić information content (AvgIpc) is 3.47. The van der Waals surface area contributed by atoms with E-state index < -0.39 is 0 Å². The fraction of sp³-hybridized carbons (Fsp3) is 0.650. The lowest BCUT2D eigenvalue weighted by Gasteiger charge is -2.35. The molecule has 162 valence electrons. The minimum atomic E-state index is -0.105. The first-order valence-electron chi connectivity index (χ1n) is 10.8. The average molecular weight is 415 g/mol. The highest BCUT2D eigenvalue weighted by molar-refractivity contribution is 5.93. The molecule has 2 aromatic rings. The zero-order valence-corrected chi connectivity index (χ0v) is 17.4. The molecule has 0 spiro atoms. The molecule has 0 radical (unpaired) electrons. The van der Waals surface area contributed by atoms with Crippen LogP contribution in [-0.4, -0.2) is 85.3 Å². The Morgan fingerprint density at radius 2 is 2.00 bits per heavy atom. The summed E-state index contributed by atoms with van der Waals surface area (Å²) in [6.07, 6.45) is 7.27. The van der Waals surface area contributed by atoms with Crippen LogP contribution < -0.4 is 0 Å². The van der Waals surface area contributed by atoms with Gasteiger partial charge < -0.3 is 14.5 Å². The van der Waals surface area contributed by atoms with Crippen molar-refractivity contribution in [1.82, 2.24) is 34.6 Å². The molecule has 0 aromatic carbocycles. The predicted molar refractivity (Wildman–Crippen MR) is 108 cm³/mol. The van der Waals surface area contributed by atoms with Crippen molar-refractivity contribution in [1.29, 1.82) is 0 Å². The minimum Gasteiger partial charge on any atom is -0.378 e. The number of carbonyl (C=O) groups excluding carboxylic acids is 2. The molecule has 2 aliphatic rings. The number of piperidine rings is 1. The molecule has 2 aliphatic heterocycles. The number of hydrogen-bond donors (Lipinski definition) is 0. The van der Waals surface area contributed by atoms with Gasteiger partial charge in [0.1, 0.15) is 5.69 Å². The maximum Gasteiger partial charge on any atom is 0.276 e. The monoisotopic (exact) mass is 415 g/mol. The van der Waals surface area contributed by atoms with Crippen LogP contribution in [0.5, 0.6) is 0 Å². The third kappa shape index (κ3) is 4.38. The molecule has 10 nitrogen and oxygen atoms in total. The number of amides is 2. The molecule has 30 heavy (non-hydrogen) atoms. The van der Waals surface area contributed by atoms with Crippen LogP contribution >= 0.6 is 0 Å². The molecule has 4 heterocycles. The Labute approximate surface area is 175 Å². The molecular formula is C20H29N7O3. The molecule has 10 heteroatoms. The SMILES string of the molecule is CCn1nccc1C(=O)N1CCCCC1CCn1cc(C(=O)N2CCOCC2)nn1. The van der Waals surface area contributed by atoms with Gasteiger partial charge in [-0.25, -0.2) is 0 Å². The van der Waals surface area contributed by atoms with E-state index in [9.17, 15) is 9.59 Å². The molecule has 2 aromatic heterocycles. The summed E-state index contributed by atoms with van der Waals surface area (Å²) in [6, 6.07) is 1.94. The van der Waals surface area contributed by atoms with E-state index in [4.69, 9.17) is 4.74 Å².